The zero-order valence-corrected chi connectivity index (χ0v) is 22.5. The van der Waals surface area contributed by atoms with Gasteiger partial charge in [-0.15, -0.1) is 0 Å². The molecule has 0 saturated heterocycles. The lowest BCUT2D eigenvalue weighted by Crippen LogP contribution is -2.19. The van der Waals surface area contributed by atoms with Crippen LogP contribution in [0.15, 0.2) is 18.2 Å². The number of hydrogen-bond donors (Lipinski definition) is 0. The molecule has 1 heterocycles. The van der Waals surface area contributed by atoms with Crippen LogP contribution in [0.5, 0.6) is 0 Å². The van der Waals surface area contributed by atoms with Gasteiger partial charge in [-0.25, -0.2) is 14.6 Å². The second kappa shape index (κ2) is 17.5. The number of carbonyl (C=O) groups excluding carboxylic acids is 2. The highest BCUT2D eigenvalue weighted by Gasteiger charge is 2.18. The van der Waals surface area contributed by atoms with Gasteiger partial charge >= 0.3 is 11.9 Å². The van der Waals surface area contributed by atoms with E-state index in [-0.39, 0.29) is 22.7 Å². The van der Waals surface area contributed by atoms with Crippen LogP contribution in [0.3, 0.4) is 0 Å². The number of aromatic nitrogens is 1. The maximum Gasteiger partial charge on any atom is 0.356 e. The summed E-state index contributed by atoms with van der Waals surface area (Å²) < 4.78 is 10.8. The summed E-state index contributed by atoms with van der Waals surface area (Å²) in [4.78, 5) is 28.8. The van der Waals surface area contributed by atoms with E-state index in [1.54, 1.807) is 18.2 Å². The zero-order chi connectivity index (χ0) is 25.2. The summed E-state index contributed by atoms with van der Waals surface area (Å²) in [6.07, 6.45) is 16.1. The van der Waals surface area contributed by atoms with Crippen molar-refractivity contribution in [2.45, 2.75) is 118 Å². The van der Waals surface area contributed by atoms with Gasteiger partial charge in [0.1, 0.15) is 11.4 Å². The Morgan fingerprint density at radius 1 is 0.794 bits per heavy atom. The van der Waals surface area contributed by atoms with E-state index in [0.29, 0.717) is 13.2 Å². The third kappa shape index (κ3) is 15.1. The van der Waals surface area contributed by atoms with E-state index in [2.05, 4.69) is 39.6 Å². The Morgan fingerprint density at radius 3 is 1.76 bits per heavy atom. The molecular weight excluding hydrogens is 426 g/mol. The van der Waals surface area contributed by atoms with Crippen LogP contribution in [0.2, 0.25) is 0 Å². The number of rotatable bonds is 18. The molecule has 1 aromatic rings. The molecule has 0 radical (unpaired) electrons. The fourth-order valence-electron chi connectivity index (χ4n) is 4.24. The van der Waals surface area contributed by atoms with Crippen molar-refractivity contribution < 1.29 is 19.1 Å². The van der Waals surface area contributed by atoms with Crippen molar-refractivity contribution >= 4 is 11.9 Å². The molecular formula is C29H49NO4. The highest BCUT2D eigenvalue weighted by Crippen LogP contribution is 2.24. The standard InChI is InChI=1S/C29H49NO4/c1-6-7-8-9-10-11-12-13-14-15-16-17-21-33-27(31)25-19-18-20-26(30-25)28(32)34-23-24(2)22-29(3,4)5/h18-20,24H,6-17,21-23H2,1-5H3. The van der Waals surface area contributed by atoms with Gasteiger partial charge in [-0.1, -0.05) is 111 Å². The Bertz CT molecular complexity index is 696. The molecule has 0 aliphatic rings. The van der Waals surface area contributed by atoms with E-state index in [9.17, 15) is 9.59 Å². The molecule has 0 aliphatic carbocycles. The average molecular weight is 476 g/mol. The largest absolute Gasteiger partial charge is 0.461 e. The van der Waals surface area contributed by atoms with Gasteiger partial charge in [-0.2, -0.15) is 0 Å². The van der Waals surface area contributed by atoms with E-state index in [0.717, 1.165) is 19.3 Å². The summed E-state index contributed by atoms with van der Waals surface area (Å²) in [7, 11) is 0. The third-order valence-electron chi connectivity index (χ3n) is 5.86. The third-order valence-corrected chi connectivity index (χ3v) is 5.86. The molecule has 0 saturated carbocycles. The molecule has 0 fully saturated rings. The lowest BCUT2D eigenvalue weighted by Gasteiger charge is -2.22. The van der Waals surface area contributed by atoms with Crippen molar-refractivity contribution in [3.8, 4) is 0 Å². The molecule has 5 heteroatoms. The number of nitrogens with zero attached hydrogens (tertiary/aromatic N) is 1. The van der Waals surface area contributed by atoms with Crippen molar-refractivity contribution in [3.05, 3.63) is 29.6 Å². The first kappa shape index (κ1) is 30.1. The van der Waals surface area contributed by atoms with Crippen LogP contribution in [-0.4, -0.2) is 30.1 Å². The van der Waals surface area contributed by atoms with Crippen LogP contribution >= 0.6 is 0 Å². The first-order valence-electron chi connectivity index (χ1n) is 13.5. The molecule has 0 amide bonds. The Labute approximate surface area is 208 Å². The number of hydrogen-bond acceptors (Lipinski definition) is 5. The number of pyridine rings is 1. The van der Waals surface area contributed by atoms with Gasteiger partial charge in [0.05, 0.1) is 13.2 Å². The molecule has 0 aliphatic heterocycles. The number of esters is 2. The van der Waals surface area contributed by atoms with Gasteiger partial charge in [-0.3, -0.25) is 0 Å². The van der Waals surface area contributed by atoms with Crippen molar-refractivity contribution in [2.24, 2.45) is 11.3 Å². The molecule has 0 spiro atoms. The lowest BCUT2D eigenvalue weighted by atomic mass is 9.86. The minimum atomic E-state index is -0.503. The Morgan fingerprint density at radius 2 is 1.26 bits per heavy atom. The van der Waals surface area contributed by atoms with Crippen molar-refractivity contribution in [1.29, 1.82) is 0 Å². The second-order valence-corrected chi connectivity index (χ2v) is 10.9. The quantitative estimate of drug-likeness (QED) is 0.158. The van der Waals surface area contributed by atoms with Crippen LogP contribution in [0.4, 0.5) is 0 Å². The van der Waals surface area contributed by atoms with E-state index in [1.807, 2.05) is 0 Å². The fourth-order valence-corrected chi connectivity index (χ4v) is 4.24. The number of carbonyl (C=O) groups is 2. The van der Waals surface area contributed by atoms with Crippen molar-refractivity contribution in [3.63, 3.8) is 0 Å². The second-order valence-electron chi connectivity index (χ2n) is 10.9. The summed E-state index contributed by atoms with van der Waals surface area (Å²) in [6.45, 7) is 11.5. The predicted molar refractivity (Wildman–Crippen MR) is 139 cm³/mol. The topological polar surface area (TPSA) is 65.5 Å². The first-order valence-corrected chi connectivity index (χ1v) is 13.5. The highest BCUT2D eigenvalue weighted by molar-refractivity contribution is 5.91. The van der Waals surface area contributed by atoms with Crippen LogP contribution in [0, 0.1) is 11.3 Å². The van der Waals surface area contributed by atoms with Crippen LogP contribution in [0.25, 0.3) is 0 Å². The van der Waals surface area contributed by atoms with E-state index in [4.69, 9.17) is 9.47 Å². The van der Waals surface area contributed by atoms with Gasteiger partial charge in [0.2, 0.25) is 0 Å². The monoisotopic (exact) mass is 475 g/mol. The lowest BCUT2D eigenvalue weighted by molar-refractivity contribution is 0.0412. The Kier molecular flexibility index (Phi) is 15.5. The summed E-state index contributed by atoms with van der Waals surface area (Å²) in [5.74, 6) is -0.733. The number of unbranched alkanes of at least 4 members (excludes halogenated alkanes) is 11. The van der Waals surface area contributed by atoms with Crippen LogP contribution in [0.1, 0.15) is 139 Å². The SMILES string of the molecule is CCCCCCCCCCCCCCOC(=O)c1cccc(C(=O)OCC(C)CC(C)(C)C)n1. The van der Waals surface area contributed by atoms with E-state index >= 15 is 0 Å². The number of ether oxygens (including phenoxy) is 2. The maximum absolute atomic E-state index is 12.3. The normalized spacial score (nSPS) is 12.4. The molecule has 34 heavy (non-hydrogen) atoms. The molecule has 194 valence electrons. The summed E-state index contributed by atoms with van der Waals surface area (Å²) in [5, 5.41) is 0. The summed E-state index contributed by atoms with van der Waals surface area (Å²) in [5.41, 5.74) is 0.472. The molecule has 1 atom stereocenters. The predicted octanol–water partition coefficient (Wildman–Crippen LogP) is 8.17. The van der Waals surface area contributed by atoms with Gasteiger partial charge < -0.3 is 9.47 Å². The van der Waals surface area contributed by atoms with Crippen molar-refractivity contribution in [2.75, 3.05) is 13.2 Å². The Hall–Kier alpha value is -1.91. The molecule has 5 nitrogen and oxygen atoms in total. The molecule has 0 N–H and O–H groups in total. The molecule has 1 rings (SSSR count). The maximum atomic E-state index is 12.3. The van der Waals surface area contributed by atoms with Gasteiger partial charge in [-0.05, 0) is 36.3 Å². The molecule has 1 unspecified atom stereocenters. The first-order chi connectivity index (χ1) is 16.2. The average Bonchev–Trinajstić information content (AvgIpc) is 2.79. The molecule has 0 bridgehead atoms. The Balaban J connectivity index is 2.19. The summed E-state index contributed by atoms with van der Waals surface area (Å²) in [6, 6.07) is 4.78. The van der Waals surface area contributed by atoms with Crippen LogP contribution in [-0.2, 0) is 9.47 Å². The zero-order valence-electron chi connectivity index (χ0n) is 22.5. The molecule has 0 aromatic carbocycles. The fraction of sp³-hybridized carbons (Fsp3) is 0.759. The molecule has 1 aromatic heterocycles. The van der Waals surface area contributed by atoms with E-state index in [1.165, 1.54) is 64.2 Å². The highest BCUT2D eigenvalue weighted by atomic mass is 16.5. The summed E-state index contributed by atoms with van der Waals surface area (Å²) >= 11 is 0. The van der Waals surface area contributed by atoms with Gasteiger partial charge in [0.25, 0.3) is 0 Å². The van der Waals surface area contributed by atoms with Gasteiger partial charge in [0, 0.05) is 0 Å². The van der Waals surface area contributed by atoms with Crippen molar-refractivity contribution in [1.82, 2.24) is 4.98 Å². The minimum absolute atomic E-state index is 0.141. The smallest absolute Gasteiger partial charge is 0.356 e. The van der Waals surface area contributed by atoms with Gasteiger partial charge in [0.15, 0.2) is 0 Å². The minimum Gasteiger partial charge on any atom is -0.461 e. The van der Waals surface area contributed by atoms with Crippen LogP contribution < -0.4 is 0 Å². The van der Waals surface area contributed by atoms with E-state index < -0.39 is 11.9 Å².